The van der Waals surface area contributed by atoms with Crippen molar-refractivity contribution >= 4 is 29.2 Å². The van der Waals surface area contributed by atoms with Crippen molar-refractivity contribution in [1.82, 2.24) is 4.98 Å². The Morgan fingerprint density at radius 3 is 2.59 bits per heavy atom. The summed E-state index contributed by atoms with van der Waals surface area (Å²) in [6.07, 6.45) is 0. The highest BCUT2D eigenvalue weighted by Gasteiger charge is 2.20. The van der Waals surface area contributed by atoms with Crippen LogP contribution in [0.15, 0.2) is 35.4 Å². The Kier molecular flexibility index (Phi) is 6.52. The molecule has 0 unspecified atom stereocenters. The first-order valence-electron chi connectivity index (χ1n) is 7.47. The summed E-state index contributed by atoms with van der Waals surface area (Å²) >= 11 is 0.951. The van der Waals surface area contributed by atoms with Crippen LogP contribution in [0.1, 0.15) is 18.1 Å². The van der Waals surface area contributed by atoms with Gasteiger partial charge in [-0.05, 0) is 25.1 Å². The van der Waals surface area contributed by atoms with Gasteiger partial charge in [-0.25, -0.2) is 4.98 Å². The van der Waals surface area contributed by atoms with Crippen molar-refractivity contribution in [3.05, 3.63) is 41.5 Å². The third-order valence-electron chi connectivity index (χ3n) is 3.28. The Labute approximate surface area is 157 Å². The minimum Gasteiger partial charge on any atom is -0.433 e. The number of hydrogen-bond acceptors (Lipinski definition) is 7. The van der Waals surface area contributed by atoms with E-state index < -0.39 is 17.8 Å². The Morgan fingerprint density at radius 2 is 1.96 bits per heavy atom. The van der Waals surface area contributed by atoms with Crippen LogP contribution in [0.5, 0.6) is 5.75 Å². The number of nitrogens with one attached hydrogen (secondary N) is 1. The fraction of sp³-hybridized carbons (Fsp3) is 0.176. The second-order valence-corrected chi connectivity index (χ2v) is 6.45. The van der Waals surface area contributed by atoms with Crippen LogP contribution in [0.25, 0.3) is 0 Å². The number of hydrogen-bond donors (Lipinski definition) is 2. The molecule has 0 aliphatic carbocycles. The van der Waals surface area contributed by atoms with Gasteiger partial charge in [0.15, 0.2) is 0 Å². The highest BCUT2D eigenvalue weighted by molar-refractivity contribution is 8.00. The van der Waals surface area contributed by atoms with Gasteiger partial charge in [-0.3, -0.25) is 4.79 Å². The maximum Gasteiger partial charge on any atom is 0.387 e. The molecule has 0 aliphatic heterocycles. The van der Waals surface area contributed by atoms with Gasteiger partial charge in [0.2, 0.25) is 5.91 Å². The predicted molar refractivity (Wildman–Crippen MR) is 95.1 cm³/mol. The lowest BCUT2D eigenvalue weighted by Gasteiger charge is -2.15. The smallest absolute Gasteiger partial charge is 0.387 e. The van der Waals surface area contributed by atoms with E-state index in [0.717, 1.165) is 11.8 Å². The summed E-state index contributed by atoms with van der Waals surface area (Å²) in [6, 6.07) is 10.8. The first-order valence-corrected chi connectivity index (χ1v) is 8.35. The van der Waals surface area contributed by atoms with Gasteiger partial charge in [0.05, 0.1) is 22.1 Å². The van der Waals surface area contributed by atoms with E-state index in [0.29, 0.717) is 0 Å². The zero-order chi connectivity index (χ0) is 20.0. The highest BCUT2D eigenvalue weighted by Crippen LogP contribution is 2.30. The summed E-state index contributed by atoms with van der Waals surface area (Å²) in [5.41, 5.74) is 5.90. The molecule has 1 heterocycles. The number of aromatic nitrogens is 1. The molecule has 1 amide bonds. The van der Waals surface area contributed by atoms with E-state index in [-0.39, 0.29) is 33.4 Å². The molecule has 1 aromatic heterocycles. The Bertz CT molecular complexity index is 940. The molecule has 1 atom stereocenters. The molecular formula is C17H13F2N5O2S. The fourth-order valence-corrected chi connectivity index (χ4v) is 2.88. The van der Waals surface area contributed by atoms with Gasteiger partial charge in [-0.15, -0.1) is 0 Å². The first-order chi connectivity index (χ1) is 12.8. The zero-order valence-corrected chi connectivity index (χ0v) is 14.8. The summed E-state index contributed by atoms with van der Waals surface area (Å²) in [5.74, 6) is -0.738. The number of ether oxygens (including phenoxy) is 1. The summed E-state index contributed by atoms with van der Waals surface area (Å²) < 4.78 is 29.3. The molecule has 27 heavy (non-hydrogen) atoms. The van der Waals surface area contributed by atoms with Crippen LogP contribution in [0.2, 0.25) is 0 Å². The number of nitriles is 2. The number of amides is 1. The van der Waals surface area contributed by atoms with E-state index in [4.69, 9.17) is 11.0 Å². The SMILES string of the molecule is C[C@H](Sc1nc(N)c(C#N)cc1C#N)C(=O)Nc1ccccc1OC(F)F. The van der Waals surface area contributed by atoms with Crippen LogP contribution < -0.4 is 15.8 Å². The molecule has 1 aromatic carbocycles. The quantitative estimate of drug-likeness (QED) is 0.727. The number of pyridine rings is 1. The number of carbonyl (C=O) groups is 1. The molecule has 0 radical (unpaired) electrons. The summed E-state index contributed by atoms with van der Waals surface area (Å²) in [7, 11) is 0. The molecule has 0 spiro atoms. The van der Waals surface area contributed by atoms with Crippen LogP contribution >= 0.6 is 11.8 Å². The topological polar surface area (TPSA) is 125 Å². The van der Waals surface area contributed by atoms with Crippen molar-refractivity contribution in [1.29, 1.82) is 10.5 Å². The molecule has 3 N–H and O–H groups in total. The van der Waals surface area contributed by atoms with Gasteiger partial charge in [-0.1, -0.05) is 23.9 Å². The number of benzene rings is 1. The van der Waals surface area contributed by atoms with Crippen LogP contribution in [0.3, 0.4) is 0 Å². The lowest BCUT2D eigenvalue weighted by Crippen LogP contribution is -2.23. The maximum absolute atomic E-state index is 12.5. The molecule has 7 nitrogen and oxygen atoms in total. The zero-order valence-electron chi connectivity index (χ0n) is 13.9. The van der Waals surface area contributed by atoms with Crippen molar-refractivity contribution in [2.75, 3.05) is 11.1 Å². The number of rotatable bonds is 6. The van der Waals surface area contributed by atoms with Crippen molar-refractivity contribution in [3.8, 4) is 17.9 Å². The van der Waals surface area contributed by atoms with Crippen molar-refractivity contribution < 1.29 is 18.3 Å². The molecule has 0 fully saturated rings. The molecule has 0 saturated carbocycles. The van der Waals surface area contributed by atoms with Crippen LogP contribution in [-0.4, -0.2) is 22.8 Å². The normalized spacial score (nSPS) is 11.3. The minimum absolute atomic E-state index is 0.0534. The number of carbonyl (C=O) groups excluding carboxylic acids is 1. The molecule has 0 saturated heterocycles. The lowest BCUT2D eigenvalue weighted by atomic mass is 10.2. The monoisotopic (exact) mass is 389 g/mol. The van der Waals surface area contributed by atoms with Crippen LogP contribution in [0.4, 0.5) is 20.3 Å². The third-order valence-corrected chi connectivity index (χ3v) is 4.38. The largest absolute Gasteiger partial charge is 0.433 e. The fourth-order valence-electron chi connectivity index (χ4n) is 1.99. The van der Waals surface area contributed by atoms with Crippen molar-refractivity contribution in [3.63, 3.8) is 0 Å². The summed E-state index contributed by atoms with van der Waals surface area (Å²) in [5, 5.41) is 20.1. The molecule has 10 heteroatoms. The van der Waals surface area contributed by atoms with Gasteiger partial charge in [-0.2, -0.15) is 19.3 Å². The second kappa shape index (κ2) is 8.83. The summed E-state index contributed by atoms with van der Waals surface area (Å²) in [6.45, 7) is -1.48. The first kappa shape index (κ1) is 19.9. The third kappa shape index (κ3) is 5.06. The Balaban J connectivity index is 2.17. The molecule has 2 rings (SSSR count). The minimum atomic E-state index is -3.03. The van der Waals surface area contributed by atoms with Crippen LogP contribution in [0, 0.1) is 22.7 Å². The number of nitrogens with zero attached hydrogens (tertiary/aromatic N) is 3. The van der Waals surface area contributed by atoms with E-state index in [1.807, 2.05) is 12.1 Å². The average molecular weight is 389 g/mol. The predicted octanol–water partition coefficient (Wildman–Crippen LogP) is 3.13. The average Bonchev–Trinajstić information content (AvgIpc) is 2.63. The maximum atomic E-state index is 12.5. The Hall–Kier alpha value is -3.37. The number of nitrogen functional groups attached to an aromatic ring is 1. The number of alkyl halides is 2. The van der Waals surface area contributed by atoms with Gasteiger partial charge in [0.25, 0.3) is 0 Å². The van der Waals surface area contributed by atoms with E-state index in [1.165, 1.54) is 24.3 Å². The van der Waals surface area contributed by atoms with Gasteiger partial charge >= 0.3 is 6.61 Å². The van der Waals surface area contributed by atoms with E-state index >= 15 is 0 Å². The lowest BCUT2D eigenvalue weighted by molar-refractivity contribution is -0.115. The molecule has 0 bridgehead atoms. The van der Waals surface area contributed by atoms with Crippen molar-refractivity contribution in [2.45, 2.75) is 23.8 Å². The number of nitrogens with two attached hydrogens (primary N) is 1. The van der Waals surface area contributed by atoms with E-state index in [9.17, 15) is 18.8 Å². The van der Waals surface area contributed by atoms with Crippen LogP contribution in [-0.2, 0) is 4.79 Å². The van der Waals surface area contributed by atoms with Gasteiger partial charge in [0.1, 0.15) is 28.7 Å². The van der Waals surface area contributed by atoms with E-state index in [1.54, 1.807) is 13.0 Å². The molecular weight excluding hydrogens is 376 g/mol. The molecule has 138 valence electrons. The molecule has 0 aliphatic rings. The number of anilines is 2. The van der Waals surface area contributed by atoms with E-state index in [2.05, 4.69) is 15.0 Å². The second-order valence-electron chi connectivity index (χ2n) is 5.12. The number of para-hydroxylation sites is 2. The summed E-state index contributed by atoms with van der Waals surface area (Å²) in [4.78, 5) is 16.4. The molecule has 2 aromatic rings. The van der Waals surface area contributed by atoms with Crippen molar-refractivity contribution in [2.24, 2.45) is 0 Å². The van der Waals surface area contributed by atoms with Gasteiger partial charge in [0, 0.05) is 0 Å². The number of halogens is 2. The van der Waals surface area contributed by atoms with Gasteiger partial charge < -0.3 is 15.8 Å². The number of thioether (sulfide) groups is 1. The standard InChI is InChI=1S/C17H13F2N5O2S/c1-9(27-16-11(8-21)6-10(7-20)14(22)24-16)15(25)23-12-4-2-3-5-13(12)26-17(18)19/h2-6,9,17H,1H3,(H2,22,24)(H,23,25)/t9-/m0/s1. The highest BCUT2D eigenvalue weighted by atomic mass is 32.2. The Morgan fingerprint density at radius 1 is 1.30 bits per heavy atom.